The van der Waals surface area contributed by atoms with E-state index in [-0.39, 0.29) is 12.2 Å². The number of aryl methyl sites for hydroxylation is 3. The Kier molecular flexibility index (Phi) is 6.59. The molecule has 0 saturated carbocycles. The van der Waals surface area contributed by atoms with Crippen molar-refractivity contribution in [3.63, 3.8) is 0 Å². The summed E-state index contributed by atoms with van der Waals surface area (Å²) < 4.78 is 7.33. The van der Waals surface area contributed by atoms with Gasteiger partial charge in [0.15, 0.2) is 5.16 Å². The van der Waals surface area contributed by atoms with Crippen LogP contribution in [0.3, 0.4) is 0 Å². The van der Waals surface area contributed by atoms with E-state index in [1.807, 2.05) is 45.0 Å². The fraction of sp³-hybridized carbons (Fsp3) is 0.333. The van der Waals surface area contributed by atoms with Crippen molar-refractivity contribution >= 4 is 33.3 Å². The molecule has 2 aromatic heterocycles. The monoisotopic (exact) mass is 416 g/mol. The van der Waals surface area contributed by atoms with Gasteiger partial charge in [0.05, 0.1) is 11.5 Å². The number of rotatable bonds is 8. The van der Waals surface area contributed by atoms with E-state index in [2.05, 4.69) is 11.6 Å². The largest absolute Gasteiger partial charge is 0.491 e. The number of thiophene rings is 1. The first-order valence-electron chi connectivity index (χ1n) is 9.03. The molecule has 5 nitrogen and oxygen atoms in total. The third-order valence-corrected chi connectivity index (χ3v) is 6.72. The topological polar surface area (TPSA) is 64.3 Å². The Balaban J connectivity index is 1.76. The Hall–Kier alpha value is -2.09. The van der Waals surface area contributed by atoms with Crippen molar-refractivity contribution in [1.82, 2.24) is 9.55 Å². The van der Waals surface area contributed by atoms with Crippen LogP contribution in [0.4, 0.5) is 0 Å². The maximum atomic E-state index is 12.9. The fourth-order valence-electron chi connectivity index (χ4n) is 2.83. The van der Waals surface area contributed by atoms with Crippen molar-refractivity contribution in [3.05, 3.63) is 63.3 Å². The molecule has 0 spiro atoms. The van der Waals surface area contributed by atoms with Gasteiger partial charge in [-0.05, 0) is 38.0 Å². The van der Waals surface area contributed by atoms with E-state index in [0.717, 1.165) is 26.6 Å². The van der Waals surface area contributed by atoms with Gasteiger partial charge in [-0.3, -0.25) is 9.36 Å². The maximum absolute atomic E-state index is 12.9. The zero-order valence-corrected chi connectivity index (χ0v) is 17.9. The number of aliphatic hydroxyl groups excluding tert-OH is 1. The fourth-order valence-corrected chi connectivity index (χ4v) is 4.82. The van der Waals surface area contributed by atoms with Gasteiger partial charge >= 0.3 is 0 Å². The second kappa shape index (κ2) is 8.94. The van der Waals surface area contributed by atoms with Crippen LogP contribution in [0.1, 0.15) is 16.0 Å². The molecule has 1 N–H and O–H groups in total. The molecule has 0 aliphatic rings. The standard InChI is InChI=1S/C21H24N2O3S2/c1-5-10-23-20(25)18-14(3)15(4)28-19(18)22-21(23)27-12-16(24)11-26-17-9-7-6-8-13(17)2/h5-9,16,24H,1,10-12H2,2-4H3/t16-/m1/s1. The predicted molar refractivity (Wildman–Crippen MR) is 117 cm³/mol. The van der Waals surface area contributed by atoms with E-state index in [0.29, 0.717) is 22.8 Å². The van der Waals surface area contributed by atoms with Crippen molar-refractivity contribution < 1.29 is 9.84 Å². The summed E-state index contributed by atoms with van der Waals surface area (Å²) in [7, 11) is 0. The first-order chi connectivity index (χ1) is 13.4. The number of hydrogen-bond acceptors (Lipinski definition) is 6. The number of nitrogens with zero attached hydrogens (tertiary/aromatic N) is 2. The van der Waals surface area contributed by atoms with Crippen LogP contribution in [-0.2, 0) is 6.54 Å². The van der Waals surface area contributed by atoms with Crippen molar-refractivity contribution in [1.29, 1.82) is 0 Å². The molecule has 1 atom stereocenters. The quantitative estimate of drug-likeness (QED) is 0.340. The van der Waals surface area contributed by atoms with Gasteiger partial charge in [-0.2, -0.15) is 0 Å². The lowest BCUT2D eigenvalue weighted by Crippen LogP contribution is -2.25. The number of thioether (sulfide) groups is 1. The van der Waals surface area contributed by atoms with Crippen LogP contribution in [0.5, 0.6) is 5.75 Å². The van der Waals surface area contributed by atoms with E-state index in [1.54, 1.807) is 10.6 Å². The summed E-state index contributed by atoms with van der Waals surface area (Å²) in [5, 5.41) is 11.6. The van der Waals surface area contributed by atoms with Gasteiger partial charge in [0.1, 0.15) is 17.2 Å². The van der Waals surface area contributed by atoms with E-state index < -0.39 is 6.10 Å². The van der Waals surface area contributed by atoms with E-state index in [9.17, 15) is 9.90 Å². The van der Waals surface area contributed by atoms with Gasteiger partial charge in [0, 0.05) is 17.2 Å². The molecule has 0 amide bonds. The van der Waals surface area contributed by atoms with Crippen LogP contribution < -0.4 is 10.3 Å². The molecule has 3 rings (SSSR count). The van der Waals surface area contributed by atoms with Gasteiger partial charge < -0.3 is 9.84 Å². The predicted octanol–water partition coefficient (Wildman–Crippen LogP) is 4.10. The van der Waals surface area contributed by atoms with Gasteiger partial charge in [0.25, 0.3) is 5.56 Å². The van der Waals surface area contributed by atoms with Crippen LogP contribution in [0.15, 0.2) is 46.9 Å². The number of allylic oxidation sites excluding steroid dienone is 1. The molecular formula is C21H24N2O3S2. The normalized spacial score (nSPS) is 12.3. The number of benzene rings is 1. The molecule has 148 valence electrons. The zero-order chi connectivity index (χ0) is 20.3. The molecule has 0 aliphatic heterocycles. The highest BCUT2D eigenvalue weighted by Crippen LogP contribution is 2.28. The van der Waals surface area contributed by atoms with E-state index in [1.165, 1.54) is 23.1 Å². The lowest BCUT2D eigenvalue weighted by atomic mass is 10.2. The van der Waals surface area contributed by atoms with Crippen molar-refractivity contribution in [3.8, 4) is 5.75 Å². The first-order valence-corrected chi connectivity index (χ1v) is 10.8. The Morgan fingerprint density at radius 2 is 2.11 bits per heavy atom. The maximum Gasteiger partial charge on any atom is 0.263 e. The molecule has 0 fully saturated rings. The summed E-state index contributed by atoms with van der Waals surface area (Å²) in [5.74, 6) is 1.14. The molecule has 2 heterocycles. The molecule has 7 heteroatoms. The summed E-state index contributed by atoms with van der Waals surface area (Å²) in [5.41, 5.74) is 1.95. The van der Waals surface area contributed by atoms with Gasteiger partial charge in [-0.25, -0.2) is 4.98 Å². The van der Waals surface area contributed by atoms with Gasteiger partial charge in [-0.1, -0.05) is 36.0 Å². The minimum absolute atomic E-state index is 0.0556. The molecule has 0 saturated heterocycles. The third-order valence-electron chi connectivity index (χ3n) is 4.50. The van der Waals surface area contributed by atoms with Gasteiger partial charge in [0.2, 0.25) is 0 Å². The van der Waals surface area contributed by atoms with Crippen LogP contribution >= 0.6 is 23.1 Å². The smallest absolute Gasteiger partial charge is 0.263 e. The lowest BCUT2D eigenvalue weighted by molar-refractivity contribution is 0.126. The molecule has 28 heavy (non-hydrogen) atoms. The van der Waals surface area contributed by atoms with Crippen LogP contribution in [0.25, 0.3) is 10.2 Å². The van der Waals surface area contributed by atoms with Crippen LogP contribution in [0.2, 0.25) is 0 Å². The SMILES string of the molecule is C=CCn1c(SC[C@H](O)COc2ccccc2C)nc2sc(C)c(C)c2c1=O. The minimum Gasteiger partial charge on any atom is -0.491 e. The molecule has 0 aliphatic carbocycles. The van der Waals surface area contributed by atoms with E-state index in [4.69, 9.17) is 4.74 Å². The molecule has 0 radical (unpaired) electrons. The van der Waals surface area contributed by atoms with Crippen molar-refractivity contribution in [2.45, 2.75) is 38.6 Å². The Labute approximate surface area is 172 Å². The average molecular weight is 417 g/mol. The first kappa shape index (κ1) is 20.6. The highest BCUT2D eigenvalue weighted by Gasteiger charge is 2.17. The molecule has 3 aromatic rings. The number of fused-ring (bicyclic) bond motifs is 1. The van der Waals surface area contributed by atoms with Crippen LogP contribution in [-0.4, -0.2) is 33.1 Å². The molecule has 0 unspecified atom stereocenters. The zero-order valence-electron chi connectivity index (χ0n) is 16.3. The second-order valence-corrected chi connectivity index (χ2v) is 8.79. The number of hydrogen-bond donors (Lipinski definition) is 1. The summed E-state index contributed by atoms with van der Waals surface area (Å²) in [6, 6.07) is 7.70. The lowest BCUT2D eigenvalue weighted by Gasteiger charge is -2.15. The molecule has 1 aromatic carbocycles. The summed E-state index contributed by atoms with van der Waals surface area (Å²) in [4.78, 5) is 19.5. The third kappa shape index (κ3) is 4.32. The Bertz CT molecular complexity index is 1060. The van der Waals surface area contributed by atoms with Crippen molar-refractivity contribution in [2.24, 2.45) is 0 Å². The molecular weight excluding hydrogens is 392 g/mol. The van der Waals surface area contributed by atoms with Gasteiger partial charge in [-0.15, -0.1) is 17.9 Å². The number of ether oxygens (including phenoxy) is 1. The highest BCUT2D eigenvalue weighted by atomic mass is 32.2. The Morgan fingerprint density at radius 1 is 1.36 bits per heavy atom. The van der Waals surface area contributed by atoms with E-state index >= 15 is 0 Å². The number of aromatic nitrogens is 2. The highest BCUT2D eigenvalue weighted by molar-refractivity contribution is 7.99. The number of para-hydroxylation sites is 1. The van der Waals surface area contributed by atoms with Crippen molar-refractivity contribution in [2.75, 3.05) is 12.4 Å². The average Bonchev–Trinajstić information content (AvgIpc) is 2.96. The van der Waals surface area contributed by atoms with Crippen LogP contribution in [0, 0.1) is 20.8 Å². The summed E-state index contributed by atoms with van der Waals surface area (Å²) in [6.07, 6.45) is 1.01. The minimum atomic E-state index is -0.679. The Morgan fingerprint density at radius 3 is 2.82 bits per heavy atom. The summed E-state index contributed by atoms with van der Waals surface area (Å²) in [6.45, 7) is 10.2. The molecule has 0 bridgehead atoms. The number of aliphatic hydroxyl groups is 1. The summed E-state index contributed by atoms with van der Waals surface area (Å²) >= 11 is 2.89. The second-order valence-electron chi connectivity index (χ2n) is 6.60.